The third-order valence-electron chi connectivity index (χ3n) is 3.63. The van der Waals surface area contributed by atoms with Crippen molar-refractivity contribution in [2.45, 2.75) is 51.6 Å². The summed E-state index contributed by atoms with van der Waals surface area (Å²) in [6.07, 6.45) is 2.66. The van der Waals surface area contributed by atoms with Crippen molar-refractivity contribution in [3.05, 3.63) is 17.0 Å². The van der Waals surface area contributed by atoms with Crippen LogP contribution in [0.5, 0.6) is 0 Å². The summed E-state index contributed by atoms with van der Waals surface area (Å²) in [7, 11) is 2.19. The Kier molecular flexibility index (Phi) is 4.63. The van der Waals surface area contributed by atoms with Crippen LogP contribution in [0.4, 0.5) is 5.82 Å². The highest BCUT2D eigenvalue weighted by Crippen LogP contribution is 2.27. The van der Waals surface area contributed by atoms with Crippen LogP contribution in [-0.2, 0) is 0 Å². The number of anilines is 1. The number of hydrogen-bond donors (Lipinski definition) is 1. The fraction of sp³-hybridized carbons (Fsp3) is 0.714. The summed E-state index contributed by atoms with van der Waals surface area (Å²) in [6, 6.07) is 3.05. The molecule has 1 N–H and O–H groups in total. The Balaban J connectivity index is 1.94. The molecule has 5 heteroatoms. The molecule has 0 spiro atoms. The van der Waals surface area contributed by atoms with E-state index < -0.39 is 0 Å². The summed E-state index contributed by atoms with van der Waals surface area (Å²) in [5.74, 6) is 1.89. The standard InChI is InChI=1S/C14H23ClN4/c1-9(2)14-17-12(15)7-13(18-14)16-8-10(3)19(4)11-5-6-11/h7,9-11H,5-6,8H2,1-4H3,(H,16,17,18). The van der Waals surface area contributed by atoms with Gasteiger partial charge in [0.05, 0.1) is 0 Å². The zero-order valence-electron chi connectivity index (χ0n) is 12.2. The molecule has 1 saturated carbocycles. The third kappa shape index (κ3) is 4.05. The van der Waals surface area contributed by atoms with Crippen LogP contribution in [0.15, 0.2) is 6.07 Å². The van der Waals surface area contributed by atoms with Gasteiger partial charge < -0.3 is 5.32 Å². The molecule has 1 fully saturated rings. The van der Waals surface area contributed by atoms with E-state index in [4.69, 9.17) is 11.6 Å². The highest BCUT2D eigenvalue weighted by molar-refractivity contribution is 6.29. The molecule has 2 rings (SSSR count). The van der Waals surface area contributed by atoms with E-state index in [-0.39, 0.29) is 5.92 Å². The number of halogens is 1. The Labute approximate surface area is 120 Å². The summed E-state index contributed by atoms with van der Waals surface area (Å²) in [5.41, 5.74) is 0. The highest BCUT2D eigenvalue weighted by atomic mass is 35.5. The van der Waals surface area contributed by atoms with E-state index in [1.807, 2.05) is 0 Å². The average molecular weight is 283 g/mol. The molecule has 1 aromatic rings. The van der Waals surface area contributed by atoms with Crippen molar-refractivity contribution in [3.8, 4) is 0 Å². The molecule has 1 heterocycles. The average Bonchev–Trinajstić information content (AvgIpc) is 3.18. The van der Waals surface area contributed by atoms with Crippen LogP contribution in [0, 0.1) is 0 Å². The van der Waals surface area contributed by atoms with Gasteiger partial charge in [0.15, 0.2) is 0 Å². The second kappa shape index (κ2) is 6.06. The van der Waals surface area contributed by atoms with Crippen LogP contribution in [0.3, 0.4) is 0 Å². The molecule has 0 aromatic carbocycles. The Hall–Kier alpha value is -0.870. The molecule has 1 aliphatic carbocycles. The normalized spacial score (nSPS) is 17.0. The van der Waals surface area contributed by atoms with Gasteiger partial charge in [-0.2, -0.15) is 0 Å². The number of likely N-dealkylation sites (N-methyl/N-ethyl adjacent to an activating group) is 1. The Morgan fingerprint density at radius 3 is 2.63 bits per heavy atom. The van der Waals surface area contributed by atoms with E-state index in [9.17, 15) is 0 Å². The van der Waals surface area contributed by atoms with E-state index >= 15 is 0 Å². The Morgan fingerprint density at radius 2 is 2.05 bits per heavy atom. The van der Waals surface area contributed by atoms with Gasteiger partial charge in [0.2, 0.25) is 0 Å². The molecule has 1 unspecified atom stereocenters. The predicted octanol–water partition coefficient (Wildman–Crippen LogP) is 3.15. The summed E-state index contributed by atoms with van der Waals surface area (Å²) < 4.78 is 0. The van der Waals surface area contributed by atoms with Gasteiger partial charge in [-0.1, -0.05) is 25.4 Å². The molecule has 0 radical (unpaired) electrons. The molecular formula is C14H23ClN4. The molecular weight excluding hydrogens is 260 g/mol. The largest absolute Gasteiger partial charge is 0.368 e. The second-order valence-electron chi connectivity index (χ2n) is 5.72. The first kappa shape index (κ1) is 14.5. The molecule has 0 aliphatic heterocycles. The topological polar surface area (TPSA) is 41.1 Å². The van der Waals surface area contributed by atoms with Crippen molar-refractivity contribution in [1.29, 1.82) is 0 Å². The lowest BCUT2D eigenvalue weighted by atomic mass is 10.2. The zero-order chi connectivity index (χ0) is 14.0. The van der Waals surface area contributed by atoms with E-state index in [0.29, 0.717) is 11.2 Å². The first-order valence-corrected chi connectivity index (χ1v) is 7.35. The van der Waals surface area contributed by atoms with Gasteiger partial charge in [0.25, 0.3) is 0 Å². The van der Waals surface area contributed by atoms with Gasteiger partial charge in [0, 0.05) is 30.6 Å². The minimum absolute atomic E-state index is 0.283. The Morgan fingerprint density at radius 1 is 1.37 bits per heavy atom. The molecule has 1 atom stereocenters. The quantitative estimate of drug-likeness (QED) is 0.814. The van der Waals surface area contributed by atoms with Crippen molar-refractivity contribution in [3.63, 3.8) is 0 Å². The maximum atomic E-state index is 6.03. The van der Waals surface area contributed by atoms with E-state index in [0.717, 1.165) is 24.2 Å². The van der Waals surface area contributed by atoms with Gasteiger partial charge in [-0.25, -0.2) is 9.97 Å². The summed E-state index contributed by atoms with van der Waals surface area (Å²) in [6.45, 7) is 7.24. The fourth-order valence-corrected chi connectivity index (χ4v) is 2.21. The van der Waals surface area contributed by atoms with Crippen LogP contribution in [0.1, 0.15) is 45.4 Å². The molecule has 1 aromatic heterocycles. The second-order valence-corrected chi connectivity index (χ2v) is 6.10. The van der Waals surface area contributed by atoms with Gasteiger partial charge in [0.1, 0.15) is 16.8 Å². The number of hydrogen-bond acceptors (Lipinski definition) is 4. The maximum Gasteiger partial charge on any atom is 0.135 e. The summed E-state index contributed by atoms with van der Waals surface area (Å²) >= 11 is 6.03. The predicted molar refractivity (Wildman–Crippen MR) is 79.9 cm³/mol. The molecule has 0 saturated heterocycles. The van der Waals surface area contributed by atoms with Crippen LogP contribution in [-0.4, -0.2) is 40.5 Å². The van der Waals surface area contributed by atoms with Gasteiger partial charge >= 0.3 is 0 Å². The van der Waals surface area contributed by atoms with Crippen molar-refractivity contribution in [2.24, 2.45) is 0 Å². The lowest BCUT2D eigenvalue weighted by Gasteiger charge is -2.24. The lowest BCUT2D eigenvalue weighted by Crippen LogP contribution is -2.36. The number of aromatic nitrogens is 2. The van der Waals surface area contributed by atoms with E-state index in [2.05, 4.69) is 48.0 Å². The van der Waals surface area contributed by atoms with E-state index in [1.54, 1.807) is 6.07 Å². The fourth-order valence-electron chi connectivity index (χ4n) is 2.02. The summed E-state index contributed by atoms with van der Waals surface area (Å²) in [5, 5.41) is 3.87. The summed E-state index contributed by atoms with van der Waals surface area (Å²) in [4.78, 5) is 11.2. The third-order valence-corrected chi connectivity index (χ3v) is 3.82. The lowest BCUT2D eigenvalue weighted by molar-refractivity contribution is 0.257. The van der Waals surface area contributed by atoms with Crippen molar-refractivity contribution >= 4 is 17.4 Å². The number of rotatable bonds is 6. The molecule has 0 bridgehead atoms. The van der Waals surface area contributed by atoms with Gasteiger partial charge in [-0.3, -0.25) is 4.90 Å². The zero-order valence-corrected chi connectivity index (χ0v) is 12.9. The molecule has 106 valence electrons. The van der Waals surface area contributed by atoms with Gasteiger partial charge in [-0.15, -0.1) is 0 Å². The van der Waals surface area contributed by atoms with Gasteiger partial charge in [-0.05, 0) is 26.8 Å². The maximum absolute atomic E-state index is 6.03. The van der Waals surface area contributed by atoms with Crippen LogP contribution < -0.4 is 5.32 Å². The minimum Gasteiger partial charge on any atom is -0.368 e. The van der Waals surface area contributed by atoms with Crippen LogP contribution in [0.25, 0.3) is 0 Å². The van der Waals surface area contributed by atoms with E-state index in [1.165, 1.54) is 12.8 Å². The monoisotopic (exact) mass is 282 g/mol. The van der Waals surface area contributed by atoms with Crippen molar-refractivity contribution < 1.29 is 0 Å². The molecule has 4 nitrogen and oxygen atoms in total. The highest BCUT2D eigenvalue weighted by Gasteiger charge is 2.28. The van der Waals surface area contributed by atoms with Crippen molar-refractivity contribution in [1.82, 2.24) is 14.9 Å². The van der Waals surface area contributed by atoms with Crippen LogP contribution in [0.2, 0.25) is 5.15 Å². The minimum atomic E-state index is 0.283. The SMILES string of the molecule is CC(C)c1nc(Cl)cc(NCC(C)N(C)C2CC2)n1. The smallest absolute Gasteiger partial charge is 0.135 e. The molecule has 0 amide bonds. The molecule has 1 aliphatic rings. The number of nitrogens with one attached hydrogen (secondary N) is 1. The first-order valence-electron chi connectivity index (χ1n) is 6.97. The first-order chi connectivity index (χ1) is 8.97. The number of nitrogens with zero attached hydrogens (tertiary/aromatic N) is 3. The molecule has 19 heavy (non-hydrogen) atoms. The Bertz CT molecular complexity index is 431. The van der Waals surface area contributed by atoms with Crippen molar-refractivity contribution in [2.75, 3.05) is 18.9 Å². The van der Waals surface area contributed by atoms with Crippen LogP contribution >= 0.6 is 11.6 Å².